The van der Waals surface area contributed by atoms with Crippen molar-refractivity contribution in [1.29, 1.82) is 0 Å². The number of aromatic nitrogens is 3. The molecule has 2 aromatic heterocycles. The summed E-state index contributed by atoms with van der Waals surface area (Å²) in [6.07, 6.45) is 0. The van der Waals surface area contributed by atoms with Gasteiger partial charge in [0.1, 0.15) is 5.82 Å². The number of pyridine rings is 1. The molecule has 0 fully saturated rings. The Balaban J connectivity index is 1.58. The third kappa shape index (κ3) is 3.34. The topological polar surface area (TPSA) is 59.8 Å². The molecule has 0 aliphatic heterocycles. The quantitative estimate of drug-likeness (QED) is 0.415. The molecule has 0 saturated carbocycles. The molecule has 31 heavy (non-hydrogen) atoms. The third-order valence-electron chi connectivity index (χ3n) is 5.56. The van der Waals surface area contributed by atoms with Crippen molar-refractivity contribution in [3.8, 4) is 5.82 Å². The molecule has 0 aliphatic carbocycles. The third-order valence-corrected chi connectivity index (χ3v) is 5.56. The molecular formula is C26H22N4O. The Kier molecular flexibility index (Phi) is 4.51. The number of hydrogen-bond acceptors (Lipinski definition) is 3. The largest absolute Gasteiger partial charge is 0.306 e. The number of para-hydroxylation sites is 1. The Bertz CT molecular complexity index is 1460. The molecule has 5 heteroatoms. The molecule has 0 spiro atoms. The smallest absolute Gasteiger partial charge is 0.257 e. The van der Waals surface area contributed by atoms with E-state index in [0.29, 0.717) is 17.2 Å². The lowest BCUT2D eigenvalue weighted by molar-refractivity contribution is 0.102. The number of fused-ring (bicyclic) bond motifs is 2. The summed E-state index contributed by atoms with van der Waals surface area (Å²) in [5.74, 6) is 1.10. The van der Waals surface area contributed by atoms with Crippen LogP contribution in [0, 0.1) is 20.8 Å². The van der Waals surface area contributed by atoms with Crippen molar-refractivity contribution in [1.82, 2.24) is 14.8 Å². The van der Waals surface area contributed by atoms with Gasteiger partial charge in [0.25, 0.3) is 5.91 Å². The fourth-order valence-corrected chi connectivity index (χ4v) is 4.02. The monoisotopic (exact) mass is 406 g/mol. The highest BCUT2D eigenvalue weighted by Crippen LogP contribution is 2.25. The zero-order valence-electron chi connectivity index (χ0n) is 17.7. The first kappa shape index (κ1) is 19.0. The number of anilines is 1. The van der Waals surface area contributed by atoms with Gasteiger partial charge in [0.05, 0.1) is 11.2 Å². The zero-order valence-corrected chi connectivity index (χ0v) is 17.7. The lowest BCUT2D eigenvalue weighted by Gasteiger charge is -2.12. The maximum Gasteiger partial charge on any atom is 0.257 e. The molecule has 1 amide bonds. The molecule has 0 unspecified atom stereocenters. The predicted molar refractivity (Wildman–Crippen MR) is 125 cm³/mol. The molecular weight excluding hydrogens is 384 g/mol. The summed E-state index contributed by atoms with van der Waals surface area (Å²) in [5.41, 5.74) is 4.59. The fourth-order valence-electron chi connectivity index (χ4n) is 4.02. The van der Waals surface area contributed by atoms with Gasteiger partial charge in [-0.15, -0.1) is 0 Å². The van der Waals surface area contributed by atoms with Crippen LogP contribution >= 0.6 is 0 Å². The summed E-state index contributed by atoms with van der Waals surface area (Å²) in [7, 11) is 0. The number of hydrogen-bond donors (Lipinski definition) is 1. The Morgan fingerprint density at radius 2 is 1.58 bits per heavy atom. The minimum absolute atomic E-state index is 0.174. The van der Waals surface area contributed by atoms with Crippen molar-refractivity contribution in [3.63, 3.8) is 0 Å². The molecule has 1 N–H and O–H groups in total. The number of amides is 1. The van der Waals surface area contributed by atoms with E-state index in [0.717, 1.165) is 38.5 Å². The lowest BCUT2D eigenvalue weighted by atomic mass is 10.0. The van der Waals surface area contributed by atoms with Crippen molar-refractivity contribution in [3.05, 3.63) is 95.2 Å². The van der Waals surface area contributed by atoms with Crippen LogP contribution in [0.1, 0.15) is 27.2 Å². The lowest BCUT2D eigenvalue weighted by Crippen LogP contribution is -2.16. The first-order valence-electron chi connectivity index (χ1n) is 10.2. The van der Waals surface area contributed by atoms with Crippen LogP contribution in [-0.4, -0.2) is 20.7 Å². The minimum Gasteiger partial charge on any atom is -0.306 e. The molecule has 5 aromatic rings. The van der Waals surface area contributed by atoms with Gasteiger partial charge in [0, 0.05) is 17.0 Å². The Morgan fingerprint density at radius 1 is 0.839 bits per heavy atom. The second-order valence-electron chi connectivity index (χ2n) is 7.83. The van der Waals surface area contributed by atoms with Crippen LogP contribution in [0.4, 0.5) is 5.82 Å². The van der Waals surface area contributed by atoms with E-state index in [1.54, 1.807) is 4.68 Å². The first-order chi connectivity index (χ1) is 15.0. The average Bonchev–Trinajstić information content (AvgIpc) is 3.14. The zero-order chi connectivity index (χ0) is 21.5. The van der Waals surface area contributed by atoms with E-state index in [1.807, 2.05) is 67.6 Å². The second-order valence-corrected chi connectivity index (χ2v) is 7.83. The van der Waals surface area contributed by atoms with Gasteiger partial charge in [-0.3, -0.25) is 4.79 Å². The maximum atomic E-state index is 13.2. The van der Waals surface area contributed by atoms with E-state index in [4.69, 9.17) is 4.98 Å². The van der Waals surface area contributed by atoms with E-state index >= 15 is 0 Å². The van der Waals surface area contributed by atoms with E-state index < -0.39 is 0 Å². The van der Waals surface area contributed by atoms with E-state index in [9.17, 15) is 4.79 Å². The van der Waals surface area contributed by atoms with Crippen molar-refractivity contribution >= 4 is 33.4 Å². The molecule has 5 rings (SSSR count). The average molecular weight is 406 g/mol. The minimum atomic E-state index is -0.174. The van der Waals surface area contributed by atoms with Crippen molar-refractivity contribution in [2.75, 3.05) is 5.32 Å². The van der Waals surface area contributed by atoms with Crippen LogP contribution in [-0.2, 0) is 0 Å². The Labute approximate surface area is 180 Å². The van der Waals surface area contributed by atoms with Gasteiger partial charge >= 0.3 is 0 Å². The van der Waals surface area contributed by atoms with Crippen LogP contribution in [0.3, 0.4) is 0 Å². The Morgan fingerprint density at radius 3 is 2.45 bits per heavy atom. The summed E-state index contributed by atoms with van der Waals surface area (Å²) in [6, 6.07) is 23.7. The summed E-state index contributed by atoms with van der Waals surface area (Å²) < 4.78 is 1.71. The van der Waals surface area contributed by atoms with Gasteiger partial charge in [0.15, 0.2) is 5.82 Å². The van der Waals surface area contributed by atoms with Crippen molar-refractivity contribution in [2.45, 2.75) is 20.8 Å². The number of benzene rings is 3. The number of carbonyl (C=O) groups is 1. The molecule has 2 heterocycles. The van der Waals surface area contributed by atoms with Gasteiger partial charge in [-0.05, 0) is 54.8 Å². The Hall–Kier alpha value is -3.99. The van der Waals surface area contributed by atoms with Crippen molar-refractivity contribution in [2.24, 2.45) is 0 Å². The fraction of sp³-hybridized carbons (Fsp3) is 0.115. The van der Waals surface area contributed by atoms with E-state index in [1.165, 1.54) is 0 Å². The number of rotatable bonds is 3. The van der Waals surface area contributed by atoms with Crippen LogP contribution < -0.4 is 5.32 Å². The second kappa shape index (κ2) is 7.36. The summed E-state index contributed by atoms with van der Waals surface area (Å²) >= 11 is 0. The SMILES string of the molecule is Cc1cc(NC(=O)c2cccc3ccccc23)n(-c2cc(C)c3cccc(C)c3n2)n1. The van der Waals surface area contributed by atoms with Crippen LogP contribution in [0.25, 0.3) is 27.5 Å². The standard InChI is InChI=1S/C26H22N4O/c1-16-8-6-12-20-17(2)14-23(27-25(16)20)30-24(15-18(3)29-30)28-26(31)22-13-7-10-19-9-4-5-11-21(19)22/h4-15H,1-3H3,(H,28,31). The van der Waals surface area contributed by atoms with E-state index in [-0.39, 0.29) is 5.91 Å². The van der Waals surface area contributed by atoms with Gasteiger partial charge < -0.3 is 5.32 Å². The molecule has 0 aliphatic rings. The predicted octanol–water partition coefficient (Wildman–Crippen LogP) is 5.75. The number of nitrogens with zero attached hydrogens (tertiary/aromatic N) is 3. The summed E-state index contributed by atoms with van der Waals surface area (Å²) in [6.45, 7) is 6.02. The molecule has 0 radical (unpaired) electrons. The molecule has 0 bridgehead atoms. The summed E-state index contributed by atoms with van der Waals surface area (Å²) in [5, 5.41) is 10.7. The highest BCUT2D eigenvalue weighted by atomic mass is 16.1. The molecule has 3 aromatic carbocycles. The van der Waals surface area contributed by atoms with Gasteiger partial charge in [-0.2, -0.15) is 9.78 Å². The normalized spacial score (nSPS) is 11.2. The van der Waals surface area contributed by atoms with Crippen LogP contribution in [0.5, 0.6) is 0 Å². The van der Waals surface area contributed by atoms with E-state index in [2.05, 4.69) is 36.4 Å². The number of nitrogens with one attached hydrogen (secondary N) is 1. The highest BCUT2D eigenvalue weighted by Gasteiger charge is 2.16. The molecule has 0 saturated heterocycles. The highest BCUT2D eigenvalue weighted by molar-refractivity contribution is 6.12. The molecule has 5 nitrogen and oxygen atoms in total. The molecule has 152 valence electrons. The molecule has 0 atom stereocenters. The summed E-state index contributed by atoms with van der Waals surface area (Å²) in [4.78, 5) is 18.0. The van der Waals surface area contributed by atoms with Gasteiger partial charge in [-0.25, -0.2) is 4.98 Å². The first-order valence-corrected chi connectivity index (χ1v) is 10.2. The number of carbonyl (C=O) groups excluding carboxylic acids is 1. The van der Waals surface area contributed by atoms with Gasteiger partial charge in [-0.1, -0.05) is 54.6 Å². The van der Waals surface area contributed by atoms with Crippen LogP contribution in [0.2, 0.25) is 0 Å². The maximum absolute atomic E-state index is 13.2. The van der Waals surface area contributed by atoms with Gasteiger partial charge in [0.2, 0.25) is 0 Å². The van der Waals surface area contributed by atoms with Crippen molar-refractivity contribution < 1.29 is 4.79 Å². The van der Waals surface area contributed by atoms with Crippen LogP contribution in [0.15, 0.2) is 72.8 Å². The number of aryl methyl sites for hydroxylation is 3.